The highest BCUT2D eigenvalue weighted by molar-refractivity contribution is 5.10. The minimum absolute atomic E-state index is 0.0637. The van der Waals surface area contributed by atoms with Gasteiger partial charge in [-0.1, -0.05) is 13.8 Å². The first-order valence-electron chi connectivity index (χ1n) is 4.80. The van der Waals surface area contributed by atoms with Crippen molar-refractivity contribution in [2.75, 3.05) is 7.11 Å². The van der Waals surface area contributed by atoms with E-state index in [2.05, 4.69) is 6.92 Å². The maximum Gasteiger partial charge on any atom is 0.157 e. The zero-order valence-electron chi connectivity index (χ0n) is 9.21. The van der Waals surface area contributed by atoms with Gasteiger partial charge in [0.15, 0.2) is 6.29 Å². The van der Waals surface area contributed by atoms with Crippen LogP contribution in [0.3, 0.4) is 0 Å². The van der Waals surface area contributed by atoms with Crippen LogP contribution in [-0.4, -0.2) is 26.3 Å². The number of carbonyl (C=O) groups excluding carboxylic acids is 1. The number of carbonyl (C=O) groups is 1. The summed E-state index contributed by atoms with van der Waals surface area (Å²) in [6, 6.07) is 0. The van der Waals surface area contributed by atoms with Gasteiger partial charge in [-0.15, -0.1) is 0 Å². The van der Waals surface area contributed by atoms with Gasteiger partial charge in [0, 0.05) is 7.11 Å². The van der Waals surface area contributed by atoms with Gasteiger partial charge in [-0.05, 0) is 26.2 Å². The molecule has 1 heterocycles. The van der Waals surface area contributed by atoms with Gasteiger partial charge in [0.1, 0.15) is 6.79 Å². The molecule has 1 fully saturated rings. The predicted octanol–water partition coefficient (Wildman–Crippen LogP) is 2.39. The Kier molecular flexibility index (Phi) is 13.4. The molecule has 1 saturated heterocycles. The molecule has 13 heavy (non-hydrogen) atoms. The summed E-state index contributed by atoms with van der Waals surface area (Å²) < 4.78 is 10.5. The topological polar surface area (TPSA) is 35.5 Å². The second-order valence-corrected chi connectivity index (χ2v) is 2.54. The lowest BCUT2D eigenvalue weighted by Crippen LogP contribution is -2.26. The van der Waals surface area contributed by atoms with Crippen molar-refractivity contribution in [2.45, 2.75) is 52.4 Å². The van der Waals surface area contributed by atoms with Gasteiger partial charge < -0.3 is 14.3 Å². The summed E-state index contributed by atoms with van der Waals surface area (Å²) in [5.41, 5.74) is 0. The molecule has 0 aromatic heterocycles. The molecule has 0 bridgehead atoms. The summed E-state index contributed by atoms with van der Waals surface area (Å²) >= 11 is 0. The monoisotopic (exact) mass is 190 g/mol. The molecule has 0 aliphatic carbocycles. The van der Waals surface area contributed by atoms with E-state index >= 15 is 0 Å². The molecule has 0 unspecified atom stereocenters. The van der Waals surface area contributed by atoms with Crippen molar-refractivity contribution in [1.29, 1.82) is 0 Å². The molecule has 3 nitrogen and oxygen atoms in total. The van der Waals surface area contributed by atoms with Crippen molar-refractivity contribution in [1.82, 2.24) is 0 Å². The van der Waals surface area contributed by atoms with E-state index in [4.69, 9.17) is 14.3 Å². The van der Waals surface area contributed by atoms with Gasteiger partial charge >= 0.3 is 0 Å². The van der Waals surface area contributed by atoms with Gasteiger partial charge in [-0.3, -0.25) is 0 Å². The second kappa shape index (κ2) is 11.6. The molecule has 1 aliphatic rings. The Bertz CT molecular complexity index is 96.2. The number of hydrogen-bond acceptors (Lipinski definition) is 3. The maximum absolute atomic E-state index is 8.00. The molecule has 0 N–H and O–H groups in total. The molecule has 0 aromatic rings. The highest BCUT2D eigenvalue weighted by Crippen LogP contribution is 2.18. The standard InChI is InChI=1S/C7H14O2.C2H6.CH2O/c1-6-4-3-5-7(8-2)9-6;2*1-2/h6-7H,3-5H2,1-2H3;1-2H3;1H2/t6-,7-;;/m1../s1. The Labute approximate surface area is 81.4 Å². The zero-order chi connectivity index (χ0) is 10.7. The Balaban J connectivity index is 0. The van der Waals surface area contributed by atoms with Crippen molar-refractivity contribution < 1.29 is 14.3 Å². The first kappa shape index (κ1) is 15.1. The molecule has 0 aromatic carbocycles. The van der Waals surface area contributed by atoms with Crippen LogP contribution in [0.15, 0.2) is 0 Å². The third kappa shape index (κ3) is 7.94. The van der Waals surface area contributed by atoms with Crippen LogP contribution in [0.5, 0.6) is 0 Å². The molecule has 80 valence electrons. The average molecular weight is 190 g/mol. The number of methoxy groups -OCH3 is 1. The van der Waals surface area contributed by atoms with Crippen LogP contribution >= 0.6 is 0 Å². The quantitative estimate of drug-likeness (QED) is 0.637. The highest BCUT2D eigenvalue weighted by atomic mass is 16.7. The SMILES string of the molecule is C=O.CC.CO[C@H]1CCC[C@@H](C)O1. The summed E-state index contributed by atoms with van der Waals surface area (Å²) in [6.07, 6.45) is 3.93. The number of ether oxygens (including phenoxy) is 2. The van der Waals surface area contributed by atoms with Crippen LogP contribution in [0, 0.1) is 0 Å². The molecule has 0 radical (unpaired) electrons. The molecule has 2 atom stereocenters. The Morgan fingerprint density at radius 2 is 1.85 bits per heavy atom. The Morgan fingerprint density at radius 3 is 2.15 bits per heavy atom. The van der Waals surface area contributed by atoms with Crippen molar-refractivity contribution >= 4 is 6.79 Å². The minimum atomic E-state index is 0.0637. The zero-order valence-corrected chi connectivity index (χ0v) is 9.21. The predicted molar refractivity (Wildman–Crippen MR) is 53.7 cm³/mol. The normalized spacial score (nSPS) is 26.2. The largest absolute Gasteiger partial charge is 0.356 e. The average Bonchev–Trinajstić information content (AvgIpc) is 2.24. The van der Waals surface area contributed by atoms with E-state index in [9.17, 15) is 0 Å². The van der Waals surface area contributed by atoms with E-state index in [1.165, 1.54) is 12.8 Å². The molecule has 0 amide bonds. The molecule has 1 aliphatic heterocycles. The van der Waals surface area contributed by atoms with Gasteiger partial charge in [-0.25, -0.2) is 0 Å². The van der Waals surface area contributed by atoms with Crippen LogP contribution in [0.4, 0.5) is 0 Å². The minimum Gasteiger partial charge on any atom is -0.356 e. The van der Waals surface area contributed by atoms with E-state index in [0.29, 0.717) is 6.10 Å². The lowest BCUT2D eigenvalue weighted by atomic mass is 10.1. The first-order valence-corrected chi connectivity index (χ1v) is 4.80. The summed E-state index contributed by atoms with van der Waals surface area (Å²) in [5.74, 6) is 0. The molecule has 0 spiro atoms. The van der Waals surface area contributed by atoms with Crippen LogP contribution in [-0.2, 0) is 14.3 Å². The van der Waals surface area contributed by atoms with Crippen LogP contribution < -0.4 is 0 Å². The van der Waals surface area contributed by atoms with E-state index in [1.807, 2.05) is 20.6 Å². The summed E-state index contributed by atoms with van der Waals surface area (Å²) in [6.45, 7) is 8.09. The fourth-order valence-corrected chi connectivity index (χ4v) is 1.14. The number of rotatable bonds is 1. The molecule has 0 saturated carbocycles. The van der Waals surface area contributed by atoms with E-state index in [-0.39, 0.29) is 6.29 Å². The van der Waals surface area contributed by atoms with Crippen LogP contribution in [0.2, 0.25) is 0 Å². The smallest absolute Gasteiger partial charge is 0.157 e. The molecular formula is C10H22O3. The molecular weight excluding hydrogens is 168 g/mol. The maximum atomic E-state index is 8.00. The van der Waals surface area contributed by atoms with Gasteiger partial charge in [-0.2, -0.15) is 0 Å². The highest BCUT2D eigenvalue weighted by Gasteiger charge is 2.17. The van der Waals surface area contributed by atoms with Gasteiger partial charge in [0.2, 0.25) is 0 Å². The van der Waals surface area contributed by atoms with Crippen LogP contribution in [0.25, 0.3) is 0 Å². The molecule has 1 rings (SSSR count). The van der Waals surface area contributed by atoms with Crippen LogP contribution in [0.1, 0.15) is 40.0 Å². The van der Waals surface area contributed by atoms with E-state index in [0.717, 1.165) is 6.42 Å². The number of hydrogen-bond donors (Lipinski definition) is 0. The van der Waals surface area contributed by atoms with Crippen molar-refractivity contribution in [2.24, 2.45) is 0 Å². The van der Waals surface area contributed by atoms with E-state index < -0.39 is 0 Å². The summed E-state index contributed by atoms with van der Waals surface area (Å²) in [4.78, 5) is 8.00. The third-order valence-corrected chi connectivity index (χ3v) is 1.70. The Morgan fingerprint density at radius 1 is 1.31 bits per heavy atom. The van der Waals surface area contributed by atoms with Crippen molar-refractivity contribution in [3.05, 3.63) is 0 Å². The fraction of sp³-hybridized carbons (Fsp3) is 0.900. The first-order chi connectivity index (χ1) is 6.33. The van der Waals surface area contributed by atoms with Crippen molar-refractivity contribution in [3.8, 4) is 0 Å². The summed E-state index contributed by atoms with van der Waals surface area (Å²) in [5, 5.41) is 0. The van der Waals surface area contributed by atoms with Gasteiger partial charge in [0.25, 0.3) is 0 Å². The second-order valence-electron chi connectivity index (χ2n) is 2.54. The van der Waals surface area contributed by atoms with Crippen molar-refractivity contribution in [3.63, 3.8) is 0 Å². The van der Waals surface area contributed by atoms with E-state index in [1.54, 1.807) is 7.11 Å². The lowest BCUT2D eigenvalue weighted by molar-refractivity contribution is -0.174. The van der Waals surface area contributed by atoms with Gasteiger partial charge in [0.05, 0.1) is 6.10 Å². The summed E-state index contributed by atoms with van der Waals surface area (Å²) in [7, 11) is 1.70. The fourth-order valence-electron chi connectivity index (χ4n) is 1.14. The Hall–Kier alpha value is -0.410. The third-order valence-electron chi connectivity index (χ3n) is 1.70. The lowest BCUT2D eigenvalue weighted by Gasteiger charge is -2.26. The molecule has 3 heteroatoms.